The second-order valence-electron chi connectivity index (χ2n) is 2.50. The lowest BCUT2D eigenvalue weighted by Gasteiger charge is -2.02. The second kappa shape index (κ2) is 5.57. The molecule has 1 aromatic rings. The first kappa shape index (κ1) is 12.9. The molecule has 0 aromatic heterocycles. The highest BCUT2D eigenvalue weighted by Crippen LogP contribution is 2.10. The lowest BCUT2D eigenvalue weighted by Crippen LogP contribution is -2.05. The zero-order valence-corrected chi connectivity index (χ0v) is 8.44. The van der Waals surface area contributed by atoms with Crippen LogP contribution in [0.2, 0.25) is 0 Å². The fourth-order valence-electron chi connectivity index (χ4n) is 0.958. The van der Waals surface area contributed by atoms with E-state index in [-0.39, 0.29) is 24.5 Å². The molecule has 14 heavy (non-hydrogen) atoms. The minimum atomic E-state index is -0.553. The van der Waals surface area contributed by atoms with Gasteiger partial charge in [-0.3, -0.25) is 0 Å². The summed E-state index contributed by atoms with van der Waals surface area (Å²) in [5.74, 6) is -1.03. The molecule has 0 atom stereocenters. The highest BCUT2D eigenvalue weighted by molar-refractivity contribution is 5.89. The van der Waals surface area contributed by atoms with Crippen molar-refractivity contribution in [2.45, 2.75) is 6.54 Å². The number of halogens is 2. The van der Waals surface area contributed by atoms with Gasteiger partial charge in [0.15, 0.2) is 0 Å². The zero-order valence-electron chi connectivity index (χ0n) is 7.62. The van der Waals surface area contributed by atoms with Crippen LogP contribution in [0.25, 0.3) is 0 Å². The molecule has 5 heteroatoms. The molecule has 1 rings (SSSR count). The molecule has 1 aromatic carbocycles. The Bertz CT molecular complexity index is 331. The van der Waals surface area contributed by atoms with E-state index in [1.54, 1.807) is 0 Å². The summed E-state index contributed by atoms with van der Waals surface area (Å²) in [7, 11) is 1.25. The van der Waals surface area contributed by atoms with E-state index in [0.29, 0.717) is 5.56 Å². The van der Waals surface area contributed by atoms with Crippen molar-refractivity contribution in [3.63, 3.8) is 0 Å². The van der Waals surface area contributed by atoms with Gasteiger partial charge in [0.2, 0.25) is 0 Å². The van der Waals surface area contributed by atoms with E-state index in [1.165, 1.54) is 19.2 Å². The van der Waals surface area contributed by atoms with E-state index in [2.05, 4.69) is 4.74 Å². The Labute approximate surface area is 87.5 Å². The SMILES string of the molecule is COC(=O)c1ccc(CN)c(F)c1.Cl. The molecule has 0 aliphatic heterocycles. The summed E-state index contributed by atoms with van der Waals surface area (Å²) in [4.78, 5) is 10.9. The monoisotopic (exact) mass is 219 g/mol. The summed E-state index contributed by atoms with van der Waals surface area (Å²) in [5, 5.41) is 0. The third-order valence-electron chi connectivity index (χ3n) is 1.69. The quantitative estimate of drug-likeness (QED) is 0.767. The number of nitrogens with two attached hydrogens (primary N) is 1. The number of carbonyl (C=O) groups is 1. The summed E-state index contributed by atoms with van der Waals surface area (Å²) in [6.07, 6.45) is 0. The molecule has 0 aliphatic rings. The number of rotatable bonds is 2. The van der Waals surface area contributed by atoms with Crippen LogP contribution >= 0.6 is 12.4 Å². The van der Waals surface area contributed by atoms with Crippen molar-refractivity contribution in [1.82, 2.24) is 0 Å². The summed E-state index contributed by atoms with van der Waals surface area (Å²) >= 11 is 0. The van der Waals surface area contributed by atoms with E-state index >= 15 is 0 Å². The minimum Gasteiger partial charge on any atom is -0.465 e. The van der Waals surface area contributed by atoms with Gasteiger partial charge in [0.05, 0.1) is 12.7 Å². The molecule has 78 valence electrons. The fraction of sp³-hybridized carbons (Fsp3) is 0.222. The van der Waals surface area contributed by atoms with E-state index in [0.717, 1.165) is 6.07 Å². The van der Waals surface area contributed by atoms with E-state index in [4.69, 9.17) is 5.73 Å². The fourth-order valence-corrected chi connectivity index (χ4v) is 0.958. The van der Waals surface area contributed by atoms with Crippen molar-refractivity contribution in [3.8, 4) is 0 Å². The van der Waals surface area contributed by atoms with Gasteiger partial charge in [0.25, 0.3) is 0 Å². The first-order valence-corrected chi connectivity index (χ1v) is 3.76. The van der Waals surface area contributed by atoms with Crippen LogP contribution in [0.3, 0.4) is 0 Å². The number of carbonyl (C=O) groups excluding carboxylic acids is 1. The van der Waals surface area contributed by atoms with Gasteiger partial charge in [-0.2, -0.15) is 0 Å². The predicted molar refractivity (Wildman–Crippen MR) is 52.9 cm³/mol. The van der Waals surface area contributed by atoms with Gasteiger partial charge in [-0.05, 0) is 12.1 Å². The van der Waals surface area contributed by atoms with Gasteiger partial charge in [-0.1, -0.05) is 6.07 Å². The van der Waals surface area contributed by atoms with E-state index in [9.17, 15) is 9.18 Å². The van der Waals surface area contributed by atoms with Gasteiger partial charge >= 0.3 is 5.97 Å². The van der Waals surface area contributed by atoms with Crippen molar-refractivity contribution in [3.05, 3.63) is 35.1 Å². The smallest absolute Gasteiger partial charge is 0.337 e. The lowest BCUT2D eigenvalue weighted by molar-refractivity contribution is 0.0600. The molecule has 0 aliphatic carbocycles. The predicted octanol–water partition coefficient (Wildman–Crippen LogP) is 1.49. The van der Waals surface area contributed by atoms with Crippen LogP contribution in [0.5, 0.6) is 0 Å². The largest absolute Gasteiger partial charge is 0.465 e. The molecule has 2 N–H and O–H groups in total. The Balaban J connectivity index is 0.00000169. The Hall–Kier alpha value is -1.13. The molecule has 0 unspecified atom stereocenters. The molecule has 0 amide bonds. The topological polar surface area (TPSA) is 52.3 Å². The maximum atomic E-state index is 13.1. The standard InChI is InChI=1S/C9H10FNO2.ClH/c1-13-9(12)6-2-3-7(5-11)8(10)4-6;/h2-4H,5,11H2,1H3;1H. The number of ether oxygens (including phenoxy) is 1. The Morgan fingerprint density at radius 3 is 2.64 bits per heavy atom. The Kier molecular flexibility index (Phi) is 5.12. The third kappa shape index (κ3) is 2.68. The molecular formula is C9H11ClFNO2. The van der Waals surface area contributed by atoms with Crippen LogP contribution in [0, 0.1) is 5.82 Å². The average Bonchev–Trinajstić information content (AvgIpc) is 2.16. The molecule has 0 spiro atoms. The number of hydrogen-bond donors (Lipinski definition) is 1. The van der Waals surface area contributed by atoms with Crippen molar-refractivity contribution in [2.75, 3.05) is 7.11 Å². The van der Waals surface area contributed by atoms with Crippen LogP contribution < -0.4 is 5.73 Å². The van der Waals surface area contributed by atoms with Crippen LogP contribution in [0.4, 0.5) is 4.39 Å². The first-order chi connectivity index (χ1) is 6.19. The summed E-state index contributed by atoms with van der Waals surface area (Å²) in [6, 6.07) is 4.08. The summed E-state index contributed by atoms with van der Waals surface area (Å²) in [6.45, 7) is 0.118. The summed E-state index contributed by atoms with van der Waals surface area (Å²) < 4.78 is 17.5. The molecule has 0 heterocycles. The van der Waals surface area contributed by atoms with Crippen LogP contribution in [-0.2, 0) is 11.3 Å². The molecule has 0 saturated carbocycles. The molecule has 0 bridgehead atoms. The number of benzene rings is 1. The normalized spacial score (nSPS) is 9.07. The van der Waals surface area contributed by atoms with Gasteiger partial charge < -0.3 is 10.5 Å². The van der Waals surface area contributed by atoms with Crippen LogP contribution in [-0.4, -0.2) is 13.1 Å². The molecule has 0 saturated heterocycles. The third-order valence-corrected chi connectivity index (χ3v) is 1.69. The minimum absolute atomic E-state index is 0. The van der Waals surface area contributed by atoms with Crippen LogP contribution in [0.1, 0.15) is 15.9 Å². The lowest BCUT2D eigenvalue weighted by atomic mass is 10.1. The maximum absolute atomic E-state index is 13.1. The van der Waals surface area contributed by atoms with Crippen molar-refractivity contribution >= 4 is 18.4 Å². The number of methoxy groups -OCH3 is 1. The van der Waals surface area contributed by atoms with Gasteiger partial charge in [0, 0.05) is 12.1 Å². The Morgan fingerprint density at radius 1 is 1.57 bits per heavy atom. The van der Waals surface area contributed by atoms with E-state index < -0.39 is 11.8 Å². The molecule has 0 radical (unpaired) electrons. The average molecular weight is 220 g/mol. The maximum Gasteiger partial charge on any atom is 0.337 e. The van der Waals surface area contributed by atoms with Gasteiger partial charge in [-0.15, -0.1) is 12.4 Å². The van der Waals surface area contributed by atoms with Crippen molar-refractivity contribution in [2.24, 2.45) is 5.73 Å². The molecular weight excluding hydrogens is 209 g/mol. The first-order valence-electron chi connectivity index (χ1n) is 3.76. The van der Waals surface area contributed by atoms with Gasteiger partial charge in [-0.25, -0.2) is 9.18 Å². The summed E-state index contributed by atoms with van der Waals surface area (Å²) in [5.41, 5.74) is 5.83. The van der Waals surface area contributed by atoms with Crippen molar-refractivity contribution < 1.29 is 13.9 Å². The molecule has 0 fully saturated rings. The Morgan fingerprint density at radius 2 is 2.21 bits per heavy atom. The van der Waals surface area contributed by atoms with E-state index in [1.807, 2.05) is 0 Å². The highest BCUT2D eigenvalue weighted by Gasteiger charge is 2.08. The second-order valence-corrected chi connectivity index (χ2v) is 2.50. The number of esters is 1. The van der Waals surface area contributed by atoms with Crippen molar-refractivity contribution in [1.29, 1.82) is 0 Å². The molecule has 3 nitrogen and oxygen atoms in total. The van der Waals surface area contributed by atoms with Crippen LogP contribution in [0.15, 0.2) is 18.2 Å². The zero-order chi connectivity index (χ0) is 9.84. The highest BCUT2D eigenvalue weighted by atomic mass is 35.5. The number of hydrogen-bond acceptors (Lipinski definition) is 3. The van der Waals surface area contributed by atoms with Gasteiger partial charge in [0.1, 0.15) is 5.82 Å².